The van der Waals surface area contributed by atoms with Crippen molar-refractivity contribution in [1.82, 2.24) is 15.1 Å². The van der Waals surface area contributed by atoms with E-state index in [1.54, 1.807) is 42.7 Å². The van der Waals surface area contributed by atoms with E-state index in [1.165, 1.54) is 19.2 Å². The molecule has 2 amide bonds. The summed E-state index contributed by atoms with van der Waals surface area (Å²) >= 11 is 0. The fourth-order valence-corrected chi connectivity index (χ4v) is 5.58. The summed E-state index contributed by atoms with van der Waals surface area (Å²) in [6, 6.07) is 12.9. The van der Waals surface area contributed by atoms with Crippen LogP contribution in [-0.2, 0) is 30.2 Å². The molecule has 2 aliphatic rings. The van der Waals surface area contributed by atoms with Crippen molar-refractivity contribution in [2.45, 2.75) is 70.4 Å². The van der Waals surface area contributed by atoms with Crippen LogP contribution in [0.15, 0.2) is 48.5 Å². The van der Waals surface area contributed by atoms with Gasteiger partial charge in [0, 0.05) is 25.6 Å². The molecule has 0 bridgehead atoms. The molecule has 1 N–H and O–H groups in total. The Labute approximate surface area is 240 Å². The predicted molar refractivity (Wildman–Crippen MR) is 151 cm³/mol. The first-order chi connectivity index (χ1) is 19.5. The van der Waals surface area contributed by atoms with Gasteiger partial charge in [-0.2, -0.15) is 0 Å². The van der Waals surface area contributed by atoms with Crippen molar-refractivity contribution in [2.24, 2.45) is 0 Å². The normalized spacial score (nSPS) is 22.4. The molecule has 10 heteroatoms. The second-order valence-electron chi connectivity index (χ2n) is 11.4. The van der Waals surface area contributed by atoms with Gasteiger partial charge in [0.25, 0.3) is 5.91 Å². The van der Waals surface area contributed by atoms with Crippen LogP contribution in [-0.4, -0.2) is 84.9 Å². The Kier molecular flexibility index (Phi) is 9.65. The molecule has 0 aromatic heterocycles. The molecule has 0 spiro atoms. The first-order valence-corrected chi connectivity index (χ1v) is 14.1. The highest BCUT2D eigenvalue weighted by Crippen LogP contribution is 2.36. The number of hydrogen-bond donors (Lipinski definition) is 1. The molecule has 2 aromatic carbocycles. The lowest BCUT2D eigenvalue weighted by Crippen LogP contribution is -2.61. The Hall–Kier alpha value is -3.50. The van der Waals surface area contributed by atoms with Crippen molar-refractivity contribution < 1.29 is 33.0 Å². The smallest absolute Gasteiger partial charge is 0.410 e. The molecule has 2 aromatic rings. The van der Waals surface area contributed by atoms with Crippen LogP contribution in [0.4, 0.5) is 9.18 Å². The van der Waals surface area contributed by atoms with E-state index in [2.05, 4.69) is 11.4 Å². The van der Waals surface area contributed by atoms with Gasteiger partial charge in [-0.25, -0.2) is 9.18 Å². The summed E-state index contributed by atoms with van der Waals surface area (Å²) < 4.78 is 30.4. The molecule has 2 heterocycles. The zero-order valence-electron chi connectivity index (χ0n) is 24.4. The van der Waals surface area contributed by atoms with Gasteiger partial charge in [-0.3, -0.25) is 9.59 Å². The molecule has 1 fully saturated rings. The number of likely N-dealkylation sites (N-methyl/N-ethyl adjacent to an activating group) is 1. The van der Waals surface area contributed by atoms with E-state index >= 15 is 0 Å². The fraction of sp³-hybridized carbons (Fsp3) is 0.516. The van der Waals surface area contributed by atoms with Crippen molar-refractivity contribution in [3.05, 3.63) is 71.0 Å². The Bertz CT molecular complexity index is 1230. The number of methoxy groups -OCH3 is 1. The van der Waals surface area contributed by atoms with Crippen LogP contribution in [0.1, 0.15) is 56.8 Å². The van der Waals surface area contributed by atoms with Gasteiger partial charge < -0.3 is 29.3 Å². The van der Waals surface area contributed by atoms with Gasteiger partial charge in [-0.05, 0) is 62.9 Å². The molecule has 0 saturated carbocycles. The summed E-state index contributed by atoms with van der Waals surface area (Å²) in [5.41, 5.74) is 2.26. The number of rotatable bonds is 7. The Morgan fingerprint density at radius 1 is 1.12 bits per heavy atom. The van der Waals surface area contributed by atoms with Crippen molar-refractivity contribution in [3.63, 3.8) is 0 Å². The number of nitrogens with one attached hydrogen (secondary N) is 1. The third-order valence-electron chi connectivity index (χ3n) is 7.53. The lowest BCUT2D eigenvalue weighted by molar-refractivity contribution is -0.153. The molecule has 0 aliphatic carbocycles. The minimum absolute atomic E-state index is 0.0774. The summed E-state index contributed by atoms with van der Waals surface area (Å²) in [5.74, 6) is -0.998. The summed E-state index contributed by atoms with van der Waals surface area (Å²) in [6.07, 6.45) is -0.394. The number of amides is 2. The molecular formula is C31H40FN3O6. The van der Waals surface area contributed by atoms with Gasteiger partial charge in [0.2, 0.25) is 0 Å². The molecule has 1 saturated heterocycles. The molecule has 4 atom stereocenters. The van der Waals surface area contributed by atoms with Crippen LogP contribution >= 0.6 is 0 Å². The third kappa shape index (κ3) is 7.23. The Morgan fingerprint density at radius 3 is 2.49 bits per heavy atom. The molecule has 0 radical (unpaired) electrons. The summed E-state index contributed by atoms with van der Waals surface area (Å²) in [7, 11) is 1.31. The first kappa shape index (κ1) is 30.5. The Balaban J connectivity index is 1.60. The Morgan fingerprint density at radius 2 is 1.83 bits per heavy atom. The quantitative estimate of drug-likeness (QED) is 0.506. The first-order valence-electron chi connectivity index (χ1n) is 14.1. The summed E-state index contributed by atoms with van der Waals surface area (Å²) in [5, 5.41) is 3.19. The second-order valence-corrected chi connectivity index (χ2v) is 11.4. The highest BCUT2D eigenvalue weighted by atomic mass is 19.1. The highest BCUT2D eigenvalue weighted by molar-refractivity contribution is 5.82. The van der Waals surface area contributed by atoms with Gasteiger partial charge in [-0.1, -0.05) is 36.4 Å². The number of carbonyl (C=O) groups is 3. The maximum absolute atomic E-state index is 14.1. The predicted octanol–water partition coefficient (Wildman–Crippen LogP) is 3.85. The number of esters is 1. The van der Waals surface area contributed by atoms with Crippen LogP contribution in [0.5, 0.6) is 0 Å². The van der Waals surface area contributed by atoms with Crippen molar-refractivity contribution in [3.8, 4) is 0 Å². The van der Waals surface area contributed by atoms with E-state index in [-0.39, 0.29) is 31.3 Å². The number of benzene rings is 2. The van der Waals surface area contributed by atoms with Crippen molar-refractivity contribution in [2.75, 3.05) is 33.4 Å². The van der Waals surface area contributed by atoms with Gasteiger partial charge in [0.05, 0.1) is 32.3 Å². The maximum atomic E-state index is 14.1. The van der Waals surface area contributed by atoms with E-state index < -0.39 is 41.9 Å². The molecule has 41 heavy (non-hydrogen) atoms. The molecule has 2 aliphatic heterocycles. The maximum Gasteiger partial charge on any atom is 0.410 e. The van der Waals surface area contributed by atoms with Crippen LogP contribution in [0.2, 0.25) is 0 Å². The summed E-state index contributed by atoms with van der Waals surface area (Å²) in [6.45, 7) is 8.06. The molecule has 0 unspecified atom stereocenters. The molecular weight excluding hydrogens is 529 g/mol. The lowest BCUT2D eigenvalue weighted by Gasteiger charge is -2.44. The van der Waals surface area contributed by atoms with Crippen molar-refractivity contribution in [1.29, 1.82) is 0 Å². The largest absolute Gasteiger partial charge is 0.468 e. The SMILES string of the molecule is CCN(C(=O)OC(C)(C)C)[C@H]1CO[C@@H](C(=O)N2CCc3ccccc3[C@@H]2c2ccc(F)cc2)C[C@@H]1NCC(=O)OC. The van der Waals surface area contributed by atoms with Crippen LogP contribution in [0.25, 0.3) is 0 Å². The number of nitrogens with zero attached hydrogens (tertiary/aromatic N) is 2. The van der Waals surface area contributed by atoms with Crippen LogP contribution in [0.3, 0.4) is 0 Å². The number of fused-ring (bicyclic) bond motifs is 1. The van der Waals surface area contributed by atoms with Gasteiger partial charge in [0.1, 0.15) is 17.5 Å². The summed E-state index contributed by atoms with van der Waals surface area (Å²) in [4.78, 5) is 42.5. The average molecular weight is 570 g/mol. The van der Waals surface area contributed by atoms with Gasteiger partial charge in [-0.15, -0.1) is 0 Å². The topological polar surface area (TPSA) is 97.4 Å². The van der Waals surface area contributed by atoms with Crippen LogP contribution in [0, 0.1) is 5.82 Å². The van der Waals surface area contributed by atoms with Gasteiger partial charge >= 0.3 is 12.1 Å². The monoisotopic (exact) mass is 569 g/mol. The average Bonchev–Trinajstić information content (AvgIpc) is 2.95. The van der Waals surface area contributed by atoms with Crippen LogP contribution < -0.4 is 5.32 Å². The van der Waals surface area contributed by atoms with E-state index in [0.29, 0.717) is 19.5 Å². The lowest BCUT2D eigenvalue weighted by atomic mass is 9.87. The number of halogens is 1. The number of carbonyl (C=O) groups excluding carboxylic acids is 3. The third-order valence-corrected chi connectivity index (χ3v) is 7.53. The number of hydrogen-bond acceptors (Lipinski definition) is 7. The minimum Gasteiger partial charge on any atom is -0.468 e. The highest BCUT2D eigenvalue weighted by Gasteiger charge is 2.43. The van der Waals surface area contributed by atoms with E-state index in [0.717, 1.165) is 16.7 Å². The molecule has 222 valence electrons. The standard InChI is InChI=1S/C31H40FN3O6/c1-6-34(30(38)41-31(2,3)4)25-19-40-26(17-24(25)33-18-27(36)39-5)29(37)35-16-15-20-9-7-8-10-23(20)28(35)21-11-13-22(32)14-12-21/h7-14,24-26,28,33H,6,15-19H2,1-5H3/t24-,25-,26+,28-/m0/s1. The zero-order valence-corrected chi connectivity index (χ0v) is 24.4. The fourth-order valence-electron chi connectivity index (χ4n) is 5.58. The minimum atomic E-state index is -0.813. The second kappa shape index (κ2) is 13.0. The van der Waals surface area contributed by atoms with E-state index in [9.17, 15) is 18.8 Å². The molecule has 9 nitrogen and oxygen atoms in total. The van der Waals surface area contributed by atoms with E-state index in [1.807, 2.05) is 25.1 Å². The van der Waals surface area contributed by atoms with E-state index in [4.69, 9.17) is 14.2 Å². The zero-order chi connectivity index (χ0) is 29.7. The van der Waals surface area contributed by atoms with Gasteiger partial charge in [0.15, 0.2) is 0 Å². The van der Waals surface area contributed by atoms with Crippen molar-refractivity contribution >= 4 is 18.0 Å². The molecule has 4 rings (SSSR count). The number of ether oxygens (including phenoxy) is 3.